The van der Waals surface area contributed by atoms with Crippen molar-refractivity contribution in [2.24, 2.45) is 4.99 Å². The number of halogens is 1. The Bertz CT molecular complexity index is 1210. The molecular weight excluding hydrogens is 436 g/mol. The van der Waals surface area contributed by atoms with Crippen LogP contribution in [0.5, 0.6) is 0 Å². The van der Waals surface area contributed by atoms with Crippen LogP contribution in [0, 0.1) is 17.7 Å². The monoisotopic (exact) mass is 452 g/mol. The number of benzene rings is 2. The number of rotatable bonds is 3. The highest BCUT2D eigenvalue weighted by Gasteiger charge is 2.27. The predicted molar refractivity (Wildman–Crippen MR) is 122 cm³/mol. The van der Waals surface area contributed by atoms with E-state index in [-0.39, 0.29) is 5.69 Å². The number of aryl methyl sites for hydroxylation is 1. The van der Waals surface area contributed by atoms with Crippen LogP contribution in [-0.4, -0.2) is 34.7 Å². The van der Waals surface area contributed by atoms with E-state index >= 15 is 0 Å². The Hall–Kier alpha value is -3.56. The van der Waals surface area contributed by atoms with E-state index in [1.54, 1.807) is 13.0 Å². The van der Waals surface area contributed by atoms with Crippen LogP contribution in [0.4, 0.5) is 5.69 Å². The summed E-state index contributed by atoms with van der Waals surface area (Å²) in [5.74, 6) is -0.850. The van der Waals surface area contributed by atoms with E-state index in [9.17, 15) is 4.79 Å². The molecule has 3 aromatic rings. The summed E-state index contributed by atoms with van der Waals surface area (Å²) >= 11 is 7.27. The topological polar surface area (TPSA) is 123 Å². The summed E-state index contributed by atoms with van der Waals surface area (Å²) in [6.07, 6.45) is -1.14. The molecule has 4 rings (SSSR count). The first-order valence-corrected chi connectivity index (χ1v) is 10.4. The molecule has 2 heterocycles. The van der Waals surface area contributed by atoms with Gasteiger partial charge < -0.3 is 15.4 Å². The number of nitrogens with one attached hydrogen (secondary N) is 4. The van der Waals surface area contributed by atoms with Crippen molar-refractivity contribution in [3.8, 4) is 0 Å². The van der Waals surface area contributed by atoms with Crippen molar-refractivity contribution < 1.29 is 9.53 Å². The molecule has 0 unspecified atom stereocenters. The summed E-state index contributed by atoms with van der Waals surface area (Å²) in [7, 11) is 0. The minimum atomic E-state index is -1.14. The number of aromatic nitrogens is 1. The van der Waals surface area contributed by atoms with Gasteiger partial charge in [-0.1, -0.05) is 60.1 Å². The van der Waals surface area contributed by atoms with Gasteiger partial charge in [0.1, 0.15) is 4.34 Å². The third-order valence-electron chi connectivity index (χ3n) is 4.37. The van der Waals surface area contributed by atoms with Crippen LogP contribution in [0.15, 0.2) is 59.6 Å². The first kappa shape index (κ1) is 20.7. The first-order valence-electron chi connectivity index (χ1n) is 9.20. The summed E-state index contributed by atoms with van der Waals surface area (Å²) in [4.78, 5) is 21.5. The molecule has 8 nitrogen and oxygen atoms in total. The summed E-state index contributed by atoms with van der Waals surface area (Å²) in [6.45, 7) is 1.75. The number of aliphatic imine (C=N–C) groups is 1. The number of nitrogens with zero attached hydrogens (tertiary/aromatic N) is 2. The van der Waals surface area contributed by atoms with Crippen molar-refractivity contribution in [3.05, 3.63) is 80.8 Å². The Kier molecular flexibility index (Phi) is 5.79. The molecule has 1 aliphatic heterocycles. The lowest BCUT2D eigenvalue weighted by Gasteiger charge is -2.15. The number of hydrogen-bond acceptors (Lipinski definition) is 7. The van der Waals surface area contributed by atoms with Crippen LogP contribution in [0.3, 0.4) is 0 Å². The molecule has 2 aromatic carbocycles. The van der Waals surface area contributed by atoms with E-state index in [1.165, 1.54) is 11.3 Å². The zero-order valence-corrected chi connectivity index (χ0v) is 17.8. The van der Waals surface area contributed by atoms with Crippen LogP contribution < -0.4 is 10.6 Å². The number of amides is 1. The molecule has 4 N–H and O–H groups in total. The Morgan fingerprint density at radius 2 is 1.87 bits per heavy atom. The van der Waals surface area contributed by atoms with Crippen molar-refractivity contribution >= 4 is 52.2 Å². The standard InChI is InChI=1S/C21H17ClN6O2S/c1-11-25-16(17(22)31-11)18(23)30-21(24)28-19-20(29)26-14-10-6-5-9-13(14)15(27-19)12-7-3-2-4-8-12/h2-10,19,23H,1H3,(H2,24,28)(H,26,29)/t19-/m1/s1. The molecule has 1 amide bonds. The zero-order chi connectivity index (χ0) is 22.0. The second-order valence-electron chi connectivity index (χ2n) is 6.54. The first-order chi connectivity index (χ1) is 14.9. The normalized spacial score (nSPS) is 15.2. The molecule has 1 aromatic heterocycles. The molecule has 0 spiro atoms. The highest BCUT2D eigenvalue weighted by atomic mass is 35.5. The number of carbonyl (C=O) groups is 1. The van der Waals surface area contributed by atoms with Gasteiger partial charge >= 0.3 is 0 Å². The second kappa shape index (κ2) is 8.66. The van der Waals surface area contributed by atoms with Crippen molar-refractivity contribution in [1.82, 2.24) is 10.3 Å². The van der Waals surface area contributed by atoms with Gasteiger partial charge in [-0.15, -0.1) is 11.3 Å². The van der Waals surface area contributed by atoms with E-state index < -0.39 is 24.0 Å². The number of fused-ring (bicyclic) bond motifs is 1. The fraction of sp³-hybridized carbons (Fsp3) is 0.0952. The molecule has 0 saturated carbocycles. The highest BCUT2D eigenvalue weighted by Crippen LogP contribution is 2.25. The molecule has 0 bridgehead atoms. The van der Waals surface area contributed by atoms with Crippen molar-refractivity contribution in [1.29, 1.82) is 10.8 Å². The Balaban J connectivity index is 1.60. The second-order valence-corrected chi connectivity index (χ2v) is 8.35. The van der Waals surface area contributed by atoms with Gasteiger partial charge in [0.05, 0.1) is 16.4 Å². The SMILES string of the molecule is Cc1nc(C(=N)OC(=N)N[C@H]2N=C(c3ccccc3)c3ccccc3NC2=O)c(Cl)s1. The fourth-order valence-electron chi connectivity index (χ4n) is 3.03. The number of carbonyl (C=O) groups excluding carboxylic acids is 1. The lowest BCUT2D eigenvalue weighted by atomic mass is 10.0. The van der Waals surface area contributed by atoms with Gasteiger partial charge in [0.15, 0.2) is 5.69 Å². The molecule has 1 aliphatic rings. The highest BCUT2D eigenvalue weighted by molar-refractivity contribution is 7.16. The molecule has 0 radical (unpaired) electrons. The van der Waals surface area contributed by atoms with Gasteiger partial charge in [0.2, 0.25) is 12.1 Å². The third kappa shape index (κ3) is 4.47. The number of ether oxygens (including phenoxy) is 1. The molecule has 156 valence electrons. The lowest BCUT2D eigenvalue weighted by molar-refractivity contribution is -0.117. The number of hydrogen-bond donors (Lipinski definition) is 4. The van der Waals surface area contributed by atoms with E-state index in [4.69, 9.17) is 27.2 Å². The maximum atomic E-state index is 12.8. The molecule has 10 heteroatoms. The predicted octanol–water partition coefficient (Wildman–Crippen LogP) is 3.79. The lowest BCUT2D eigenvalue weighted by Crippen LogP contribution is -2.43. The van der Waals surface area contributed by atoms with Gasteiger partial charge in [-0.25, -0.2) is 9.98 Å². The largest absolute Gasteiger partial charge is 0.405 e. The quantitative estimate of drug-likeness (QED) is 0.356. The van der Waals surface area contributed by atoms with Crippen LogP contribution in [0.2, 0.25) is 4.34 Å². The molecule has 31 heavy (non-hydrogen) atoms. The number of thiazole rings is 1. The molecule has 0 aliphatic carbocycles. The van der Waals surface area contributed by atoms with Gasteiger partial charge in [-0.3, -0.25) is 15.6 Å². The Morgan fingerprint density at radius 3 is 2.58 bits per heavy atom. The van der Waals surface area contributed by atoms with Crippen molar-refractivity contribution in [2.75, 3.05) is 5.32 Å². The number of para-hydroxylation sites is 1. The van der Waals surface area contributed by atoms with Crippen molar-refractivity contribution in [3.63, 3.8) is 0 Å². The van der Waals surface area contributed by atoms with Gasteiger partial charge in [0, 0.05) is 11.1 Å². The van der Waals surface area contributed by atoms with Crippen molar-refractivity contribution in [2.45, 2.75) is 13.1 Å². The van der Waals surface area contributed by atoms with Gasteiger partial charge in [-0.05, 0) is 13.0 Å². The Labute approximate surface area is 187 Å². The maximum absolute atomic E-state index is 12.8. The fourth-order valence-corrected chi connectivity index (χ4v) is 4.12. The van der Waals surface area contributed by atoms with E-state index in [1.807, 2.05) is 48.5 Å². The maximum Gasteiger partial charge on any atom is 0.290 e. The average molecular weight is 453 g/mol. The van der Waals surface area contributed by atoms with Crippen LogP contribution in [0.1, 0.15) is 21.8 Å². The van der Waals surface area contributed by atoms with E-state index in [2.05, 4.69) is 20.6 Å². The minimum absolute atomic E-state index is 0.141. The molecule has 0 saturated heterocycles. The molecule has 0 fully saturated rings. The van der Waals surface area contributed by atoms with Crippen LogP contribution in [-0.2, 0) is 9.53 Å². The average Bonchev–Trinajstić information content (AvgIpc) is 3.03. The summed E-state index contributed by atoms with van der Waals surface area (Å²) in [6, 6.07) is 16.3. The van der Waals surface area contributed by atoms with E-state index in [0.717, 1.165) is 11.1 Å². The molecule has 1 atom stereocenters. The molecular formula is C21H17ClN6O2S. The van der Waals surface area contributed by atoms with Crippen LogP contribution >= 0.6 is 22.9 Å². The summed E-state index contributed by atoms with van der Waals surface area (Å²) < 4.78 is 5.50. The van der Waals surface area contributed by atoms with Gasteiger partial charge in [-0.2, -0.15) is 0 Å². The zero-order valence-electron chi connectivity index (χ0n) is 16.3. The number of anilines is 1. The van der Waals surface area contributed by atoms with Gasteiger partial charge in [0.25, 0.3) is 11.9 Å². The third-order valence-corrected chi connectivity index (χ3v) is 5.54. The minimum Gasteiger partial charge on any atom is -0.405 e. The smallest absolute Gasteiger partial charge is 0.290 e. The van der Waals surface area contributed by atoms with E-state index in [0.29, 0.717) is 20.7 Å². The number of benzodiazepines with no additional fused rings is 1. The summed E-state index contributed by atoms with van der Waals surface area (Å²) in [5, 5.41) is 22.2. The number of amidine groups is 1. The summed E-state index contributed by atoms with van der Waals surface area (Å²) in [5.41, 5.74) is 2.93. The van der Waals surface area contributed by atoms with Crippen LogP contribution in [0.25, 0.3) is 0 Å². The Morgan fingerprint density at radius 1 is 1.16 bits per heavy atom.